The summed E-state index contributed by atoms with van der Waals surface area (Å²) in [5, 5.41) is 1.71. The molecule has 0 aliphatic carbocycles. The Hall–Kier alpha value is -3.23. The van der Waals surface area contributed by atoms with Crippen LogP contribution in [-0.4, -0.2) is 66.0 Å². The molecule has 3 aromatic rings. The first kappa shape index (κ1) is 22.9. The van der Waals surface area contributed by atoms with Crippen LogP contribution in [0.5, 0.6) is 5.75 Å². The number of hydrogen-bond donors (Lipinski definition) is 0. The minimum atomic E-state index is -0.319. The number of carbonyl (C=O) groups excluding carboxylic acids is 2. The lowest BCUT2D eigenvalue weighted by Crippen LogP contribution is -2.40. The first-order valence-corrected chi connectivity index (χ1v) is 11.8. The molecule has 1 atom stereocenters. The van der Waals surface area contributed by atoms with Crippen molar-refractivity contribution in [2.45, 2.75) is 19.1 Å². The molecule has 1 aliphatic rings. The van der Waals surface area contributed by atoms with Gasteiger partial charge >= 0.3 is 0 Å². The van der Waals surface area contributed by atoms with Gasteiger partial charge in [0, 0.05) is 25.0 Å². The number of nitrogens with zero attached hydrogens (tertiary/aromatic N) is 3. The summed E-state index contributed by atoms with van der Waals surface area (Å²) in [5.74, 6) is 0.434. The molecular formula is C25H27N3O4S. The predicted molar refractivity (Wildman–Crippen MR) is 126 cm³/mol. The van der Waals surface area contributed by atoms with Gasteiger partial charge in [-0.2, -0.15) is 0 Å². The van der Waals surface area contributed by atoms with Crippen molar-refractivity contribution >= 4 is 23.2 Å². The van der Waals surface area contributed by atoms with E-state index >= 15 is 0 Å². The molecule has 2 aromatic carbocycles. The highest BCUT2D eigenvalue weighted by molar-refractivity contribution is 7.07. The van der Waals surface area contributed by atoms with Gasteiger partial charge in [-0.3, -0.25) is 9.59 Å². The van der Waals surface area contributed by atoms with Crippen LogP contribution in [0.25, 0.3) is 0 Å². The number of methoxy groups -OCH3 is 1. The Bertz CT molecular complexity index is 1060. The van der Waals surface area contributed by atoms with Crippen LogP contribution in [-0.2, 0) is 22.6 Å². The van der Waals surface area contributed by atoms with E-state index in [4.69, 9.17) is 9.47 Å². The largest absolute Gasteiger partial charge is 0.497 e. The molecule has 8 heteroatoms. The number of thiazole rings is 1. The van der Waals surface area contributed by atoms with Crippen LogP contribution in [0.4, 0.5) is 0 Å². The van der Waals surface area contributed by atoms with Crippen LogP contribution in [0.15, 0.2) is 65.5 Å². The maximum atomic E-state index is 13.1. The normalized spacial score (nSPS) is 16.5. The van der Waals surface area contributed by atoms with Crippen molar-refractivity contribution in [2.24, 2.45) is 0 Å². The Morgan fingerprint density at radius 3 is 2.70 bits per heavy atom. The summed E-state index contributed by atoms with van der Waals surface area (Å²) < 4.78 is 11.5. The van der Waals surface area contributed by atoms with E-state index in [9.17, 15) is 9.59 Å². The smallest absolute Gasteiger partial charge is 0.273 e. The number of hydrogen-bond acceptors (Lipinski definition) is 6. The van der Waals surface area contributed by atoms with Gasteiger partial charge in [0.25, 0.3) is 5.91 Å². The van der Waals surface area contributed by atoms with Gasteiger partial charge in [0.2, 0.25) is 5.91 Å². The Morgan fingerprint density at radius 1 is 1.12 bits per heavy atom. The van der Waals surface area contributed by atoms with Gasteiger partial charge in [0.1, 0.15) is 18.0 Å². The van der Waals surface area contributed by atoms with Gasteiger partial charge in [-0.05, 0) is 29.7 Å². The third kappa shape index (κ3) is 6.18. The summed E-state index contributed by atoms with van der Waals surface area (Å²) in [4.78, 5) is 33.5. The zero-order valence-corrected chi connectivity index (χ0v) is 19.4. The monoisotopic (exact) mass is 465 g/mol. The minimum absolute atomic E-state index is 0.0180. The summed E-state index contributed by atoms with van der Waals surface area (Å²) in [6, 6.07) is 17.8. The van der Waals surface area contributed by atoms with E-state index in [1.807, 2.05) is 42.5 Å². The van der Waals surface area contributed by atoms with Crippen LogP contribution < -0.4 is 4.74 Å². The third-order valence-electron chi connectivity index (χ3n) is 5.60. The molecule has 172 valence electrons. The Morgan fingerprint density at radius 2 is 1.94 bits per heavy atom. The van der Waals surface area contributed by atoms with Crippen LogP contribution in [0, 0.1) is 0 Å². The molecule has 1 aromatic heterocycles. The highest BCUT2D eigenvalue weighted by Crippen LogP contribution is 2.17. The average molecular weight is 466 g/mol. The summed E-state index contributed by atoms with van der Waals surface area (Å²) in [6.07, 6.45) is 0.427. The van der Waals surface area contributed by atoms with E-state index in [0.717, 1.165) is 17.7 Å². The van der Waals surface area contributed by atoms with Crippen molar-refractivity contribution in [3.8, 4) is 5.75 Å². The van der Waals surface area contributed by atoms with E-state index in [0.29, 0.717) is 31.9 Å². The second kappa shape index (κ2) is 11.1. The molecule has 0 N–H and O–H groups in total. The van der Waals surface area contributed by atoms with Crippen LogP contribution in [0.2, 0.25) is 0 Å². The number of ether oxygens (including phenoxy) is 2. The molecule has 0 radical (unpaired) electrons. The molecule has 2 heterocycles. The van der Waals surface area contributed by atoms with Crippen LogP contribution in [0.1, 0.15) is 21.6 Å². The molecular weight excluding hydrogens is 438 g/mol. The van der Waals surface area contributed by atoms with Gasteiger partial charge in [0.15, 0.2) is 0 Å². The van der Waals surface area contributed by atoms with Crippen LogP contribution in [0.3, 0.4) is 0 Å². The fourth-order valence-corrected chi connectivity index (χ4v) is 4.35. The predicted octanol–water partition coefficient (Wildman–Crippen LogP) is 3.26. The molecule has 33 heavy (non-hydrogen) atoms. The summed E-state index contributed by atoms with van der Waals surface area (Å²) in [7, 11) is 1.63. The van der Waals surface area contributed by atoms with Gasteiger partial charge < -0.3 is 19.3 Å². The maximum Gasteiger partial charge on any atom is 0.273 e. The molecule has 2 amide bonds. The SMILES string of the molecule is COc1cccc(CO[C@H]2CN(CCc3ccccc3)C(=O)CN(C(=O)c3cscn3)C2)c1. The molecule has 1 saturated heterocycles. The lowest BCUT2D eigenvalue weighted by Gasteiger charge is -2.25. The second-order valence-electron chi connectivity index (χ2n) is 7.92. The number of carbonyl (C=O) groups is 2. The summed E-state index contributed by atoms with van der Waals surface area (Å²) >= 11 is 1.36. The topological polar surface area (TPSA) is 72.0 Å². The first-order valence-electron chi connectivity index (χ1n) is 10.9. The van der Waals surface area contributed by atoms with Gasteiger partial charge in [-0.1, -0.05) is 42.5 Å². The number of rotatable bonds is 8. The molecule has 1 aliphatic heterocycles. The van der Waals surface area contributed by atoms with Crippen molar-refractivity contribution < 1.29 is 19.1 Å². The Kier molecular flexibility index (Phi) is 7.70. The van der Waals surface area contributed by atoms with E-state index < -0.39 is 0 Å². The summed E-state index contributed by atoms with van der Waals surface area (Å²) in [5.41, 5.74) is 4.12. The lowest BCUT2D eigenvalue weighted by molar-refractivity contribution is -0.131. The second-order valence-corrected chi connectivity index (χ2v) is 8.64. The fourth-order valence-electron chi connectivity index (χ4n) is 3.82. The lowest BCUT2D eigenvalue weighted by atomic mass is 10.1. The molecule has 7 nitrogen and oxygen atoms in total. The zero-order valence-electron chi connectivity index (χ0n) is 18.6. The third-order valence-corrected chi connectivity index (χ3v) is 6.19. The Balaban J connectivity index is 1.48. The average Bonchev–Trinajstić information content (AvgIpc) is 3.34. The standard InChI is InChI=1S/C25H27N3O4S/c1-31-21-9-5-8-20(12-21)16-32-22-13-27(11-10-19-6-3-2-4-7-19)24(29)15-28(14-22)25(30)23-17-33-18-26-23/h2-9,12,17-18,22H,10-11,13-16H2,1H3/t22-/m0/s1. The highest BCUT2D eigenvalue weighted by atomic mass is 32.1. The van der Waals surface area contributed by atoms with Gasteiger partial charge in [0.05, 0.1) is 25.3 Å². The number of aromatic nitrogens is 1. The van der Waals surface area contributed by atoms with Crippen molar-refractivity contribution in [2.75, 3.05) is 33.3 Å². The maximum absolute atomic E-state index is 13.1. The number of amides is 2. The molecule has 0 bridgehead atoms. The van der Waals surface area contributed by atoms with Crippen molar-refractivity contribution in [1.82, 2.24) is 14.8 Å². The molecule has 4 rings (SSSR count). The zero-order chi connectivity index (χ0) is 23.0. The van der Waals surface area contributed by atoms with Crippen molar-refractivity contribution in [1.29, 1.82) is 0 Å². The molecule has 0 saturated carbocycles. The quantitative estimate of drug-likeness (QED) is 0.511. The van der Waals surface area contributed by atoms with Crippen molar-refractivity contribution in [3.63, 3.8) is 0 Å². The van der Waals surface area contributed by atoms with Gasteiger partial charge in [-0.25, -0.2) is 4.98 Å². The molecule has 1 fully saturated rings. The molecule has 0 unspecified atom stereocenters. The Labute approximate surface area is 197 Å². The molecule has 0 spiro atoms. The minimum Gasteiger partial charge on any atom is -0.497 e. The highest BCUT2D eigenvalue weighted by Gasteiger charge is 2.31. The van der Waals surface area contributed by atoms with Gasteiger partial charge in [-0.15, -0.1) is 11.3 Å². The summed E-state index contributed by atoms with van der Waals surface area (Å²) in [6.45, 7) is 1.70. The van der Waals surface area contributed by atoms with E-state index in [1.165, 1.54) is 16.9 Å². The van der Waals surface area contributed by atoms with E-state index in [1.54, 1.807) is 27.8 Å². The van der Waals surface area contributed by atoms with Crippen molar-refractivity contribution in [3.05, 3.63) is 82.3 Å². The van der Waals surface area contributed by atoms with E-state index in [-0.39, 0.29) is 24.5 Å². The van der Waals surface area contributed by atoms with E-state index in [2.05, 4.69) is 17.1 Å². The van der Waals surface area contributed by atoms with Crippen LogP contribution >= 0.6 is 11.3 Å². The first-order chi connectivity index (χ1) is 16.1. The fraction of sp³-hybridized carbons (Fsp3) is 0.320. The number of benzene rings is 2.